The van der Waals surface area contributed by atoms with E-state index in [9.17, 15) is 4.79 Å². The van der Waals surface area contributed by atoms with Gasteiger partial charge in [-0.25, -0.2) is 4.68 Å². The molecule has 3 heterocycles. The van der Waals surface area contributed by atoms with E-state index in [-0.39, 0.29) is 11.3 Å². The van der Waals surface area contributed by atoms with Crippen molar-refractivity contribution in [2.45, 2.75) is 50.5 Å². The van der Waals surface area contributed by atoms with Crippen LogP contribution in [0.5, 0.6) is 0 Å². The molecule has 1 aromatic carbocycles. The molecule has 6 nitrogen and oxygen atoms in total. The fraction of sp³-hybridized carbons (Fsp3) is 0.500. The first-order valence-electron chi connectivity index (χ1n) is 13.7. The Morgan fingerprint density at radius 2 is 1.58 bits per heavy atom. The highest BCUT2D eigenvalue weighted by molar-refractivity contribution is 5.95. The summed E-state index contributed by atoms with van der Waals surface area (Å²) in [6, 6.07) is 14.4. The third-order valence-corrected chi connectivity index (χ3v) is 9.29. The van der Waals surface area contributed by atoms with Crippen molar-refractivity contribution in [2.75, 3.05) is 26.2 Å². The fourth-order valence-electron chi connectivity index (χ4n) is 8.07. The molecule has 4 saturated carbocycles. The first-order chi connectivity index (χ1) is 17.6. The van der Waals surface area contributed by atoms with Crippen LogP contribution in [0.4, 0.5) is 0 Å². The molecule has 0 unspecified atom stereocenters. The molecule has 8 rings (SSSR count). The van der Waals surface area contributed by atoms with Crippen molar-refractivity contribution in [1.82, 2.24) is 24.6 Å². The van der Waals surface area contributed by atoms with Crippen molar-refractivity contribution in [3.8, 4) is 5.69 Å². The number of amides is 1. The third kappa shape index (κ3) is 3.96. The van der Waals surface area contributed by atoms with Crippen LogP contribution in [0.1, 0.15) is 60.1 Å². The summed E-state index contributed by atoms with van der Waals surface area (Å²) in [4.78, 5) is 22.8. The van der Waals surface area contributed by atoms with Gasteiger partial charge in [0, 0.05) is 56.7 Å². The predicted octanol–water partition coefficient (Wildman–Crippen LogP) is 4.69. The van der Waals surface area contributed by atoms with Crippen LogP contribution in [0.3, 0.4) is 0 Å². The maximum Gasteiger partial charge on any atom is 0.257 e. The highest BCUT2D eigenvalue weighted by atomic mass is 16.2. The normalized spacial score (nSPS) is 29.6. The Morgan fingerprint density at radius 3 is 2.22 bits per heavy atom. The van der Waals surface area contributed by atoms with Gasteiger partial charge >= 0.3 is 0 Å². The minimum Gasteiger partial charge on any atom is -0.336 e. The standard InChI is InChI=1S/C30H35N5O/c36-29(34-11-9-33(10-12-34)20-22-5-4-8-31-19-22)27-21-35(26-6-2-1-3-7-26)32-28(27)30-16-23-13-24(17-30)15-25(14-23)18-30/h1-8,19,21,23-25H,9-18,20H2. The Bertz CT molecular complexity index is 1190. The first kappa shape index (κ1) is 22.2. The number of rotatable bonds is 5. The molecule has 2 aromatic heterocycles. The number of carbonyl (C=O) groups is 1. The van der Waals surface area contributed by atoms with Crippen LogP contribution in [0.2, 0.25) is 0 Å². The number of para-hydroxylation sites is 1. The number of hydrogen-bond acceptors (Lipinski definition) is 4. The molecule has 0 radical (unpaired) electrons. The molecular formula is C30H35N5O. The minimum atomic E-state index is 0.0852. The number of piperazine rings is 1. The topological polar surface area (TPSA) is 54.3 Å². The van der Waals surface area contributed by atoms with Crippen molar-refractivity contribution in [3.63, 3.8) is 0 Å². The molecule has 5 fully saturated rings. The Hall–Kier alpha value is -2.99. The fourth-order valence-corrected chi connectivity index (χ4v) is 8.07. The number of benzene rings is 1. The van der Waals surface area contributed by atoms with E-state index in [1.807, 2.05) is 47.5 Å². The summed E-state index contributed by atoms with van der Waals surface area (Å²) in [6.07, 6.45) is 13.6. The zero-order valence-corrected chi connectivity index (χ0v) is 20.9. The summed E-state index contributed by atoms with van der Waals surface area (Å²) in [5, 5.41) is 5.21. The van der Waals surface area contributed by atoms with E-state index in [4.69, 9.17) is 5.10 Å². The SMILES string of the molecule is O=C(c1cn(-c2ccccc2)nc1C12CC3CC(CC(C3)C1)C2)N1CCN(Cc2cccnc2)CC1. The Labute approximate surface area is 213 Å². The summed E-state index contributed by atoms with van der Waals surface area (Å²) in [7, 11) is 0. The lowest BCUT2D eigenvalue weighted by molar-refractivity contribution is -0.00793. The van der Waals surface area contributed by atoms with Gasteiger partial charge in [0.05, 0.1) is 16.9 Å². The lowest BCUT2D eigenvalue weighted by Crippen LogP contribution is -2.51. The van der Waals surface area contributed by atoms with E-state index < -0.39 is 0 Å². The van der Waals surface area contributed by atoms with Gasteiger partial charge < -0.3 is 4.90 Å². The van der Waals surface area contributed by atoms with Crippen LogP contribution in [-0.4, -0.2) is 56.7 Å². The zero-order valence-electron chi connectivity index (χ0n) is 20.9. The van der Waals surface area contributed by atoms with E-state index >= 15 is 0 Å². The quantitative estimate of drug-likeness (QED) is 0.530. The first-order valence-corrected chi connectivity index (χ1v) is 13.7. The molecule has 0 atom stereocenters. The highest BCUT2D eigenvalue weighted by Gasteiger charge is 2.54. The molecule has 0 spiro atoms. The second-order valence-electron chi connectivity index (χ2n) is 11.8. The van der Waals surface area contributed by atoms with Gasteiger partial charge in [0.15, 0.2) is 0 Å². The molecular weight excluding hydrogens is 446 g/mol. The zero-order chi connectivity index (χ0) is 24.1. The van der Waals surface area contributed by atoms with Gasteiger partial charge in [-0.1, -0.05) is 24.3 Å². The van der Waals surface area contributed by atoms with Crippen LogP contribution < -0.4 is 0 Å². The van der Waals surface area contributed by atoms with E-state index in [0.717, 1.165) is 67.4 Å². The van der Waals surface area contributed by atoms with Gasteiger partial charge in [-0.05, 0) is 80.0 Å². The largest absolute Gasteiger partial charge is 0.336 e. The van der Waals surface area contributed by atoms with Crippen molar-refractivity contribution >= 4 is 5.91 Å². The van der Waals surface area contributed by atoms with Gasteiger partial charge in [0.2, 0.25) is 0 Å². The van der Waals surface area contributed by atoms with Crippen molar-refractivity contribution in [2.24, 2.45) is 17.8 Å². The van der Waals surface area contributed by atoms with E-state index in [2.05, 4.69) is 33.0 Å². The van der Waals surface area contributed by atoms with Crippen molar-refractivity contribution in [1.29, 1.82) is 0 Å². The average molecular weight is 482 g/mol. The highest BCUT2D eigenvalue weighted by Crippen LogP contribution is 2.61. The maximum atomic E-state index is 14.1. The second kappa shape index (κ2) is 8.84. The molecule has 1 aliphatic heterocycles. The molecule has 1 amide bonds. The van der Waals surface area contributed by atoms with Crippen molar-refractivity contribution in [3.05, 3.63) is 77.9 Å². The Kier molecular flexibility index (Phi) is 5.46. The van der Waals surface area contributed by atoms with Gasteiger partial charge in [-0.3, -0.25) is 14.7 Å². The average Bonchev–Trinajstić information content (AvgIpc) is 3.36. The van der Waals surface area contributed by atoms with Gasteiger partial charge in [-0.15, -0.1) is 0 Å². The van der Waals surface area contributed by atoms with E-state index in [1.54, 1.807) is 0 Å². The van der Waals surface area contributed by atoms with Gasteiger partial charge in [-0.2, -0.15) is 5.10 Å². The minimum absolute atomic E-state index is 0.0852. The second-order valence-corrected chi connectivity index (χ2v) is 11.8. The third-order valence-electron chi connectivity index (χ3n) is 9.29. The smallest absolute Gasteiger partial charge is 0.257 e. The monoisotopic (exact) mass is 481 g/mol. The van der Waals surface area contributed by atoms with E-state index in [0.29, 0.717) is 0 Å². The summed E-state index contributed by atoms with van der Waals surface area (Å²) >= 11 is 0. The molecule has 6 heteroatoms. The molecule has 36 heavy (non-hydrogen) atoms. The van der Waals surface area contributed by atoms with E-state index in [1.165, 1.54) is 44.1 Å². The lowest BCUT2D eigenvalue weighted by Gasteiger charge is -2.56. The number of nitrogens with zero attached hydrogens (tertiary/aromatic N) is 5. The lowest BCUT2D eigenvalue weighted by atomic mass is 9.48. The van der Waals surface area contributed by atoms with Gasteiger partial charge in [0.1, 0.15) is 0 Å². The molecule has 3 aromatic rings. The summed E-state index contributed by atoms with van der Waals surface area (Å²) in [6.45, 7) is 4.19. The van der Waals surface area contributed by atoms with Crippen LogP contribution in [0, 0.1) is 17.8 Å². The van der Waals surface area contributed by atoms with Gasteiger partial charge in [0.25, 0.3) is 5.91 Å². The van der Waals surface area contributed by atoms with Crippen LogP contribution in [-0.2, 0) is 12.0 Å². The van der Waals surface area contributed by atoms with Crippen LogP contribution >= 0.6 is 0 Å². The molecule has 186 valence electrons. The summed E-state index contributed by atoms with van der Waals surface area (Å²) in [5.41, 5.74) is 4.28. The number of pyridine rings is 1. The Morgan fingerprint density at radius 1 is 0.889 bits per heavy atom. The van der Waals surface area contributed by atoms with Crippen LogP contribution in [0.15, 0.2) is 61.1 Å². The predicted molar refractivity (Wildman–Crippen MR) is 139 cm³/mol. The Balaban J connectivity index is 1.17. The van der Waals surface area contributed by atoms with Crippen molar-refractivity contribution < 1.29 is 4.79 Å². The number of carbonyl (C=O) groups excluding carboxylic acids is 1. The number of hydrogen-bond donors (Lipinski definition) is 0. The summed E-state index contributed by atoms with van der Waals surface area (Å²) < 4.78 is 1.97. The molecule has 5 aliphatic rings. The molecule has 4 bridgehead atoms. The summed E-state index contributed by atoms with van der Waals surface area (Å²) in [5.74, 6) is 2.62. The molecule has 1 saturated heterocycles. The molecule has 4 aliphatic carbocycles. The number of aromatic nitrogens is 3. The maximum absolute atomic E-state index is 14.1. The van der Waals surface area contributed by atoms with Crippen LogP contribution in [0.25, 0.3) is 5.69 Å². The molecule has 0 N–H and O–H groups in total.